The predicted octanol–water partition coefficient (Wildman–Crippen LogP) is 3.44. The highest BCUT2D eigenvalue weighted by molar-refractivity contribution is 5.30. The molecule has 0 heterocycles. The SMILES string of the molecule is CC(c1cc[c]cc1)c1cc[c]cc1. The molecule has 0 nitrogen and oxygen atoms in total. The van der Waals surface area contributed by atoms with Gasteiger partial charge in [-0.05, 0) is 23.3 Å². The van der Waals surface area contributed by atoms with Gasteiger partial charge in [-0.1, -0.05) is 55.5 Å². The maximum absolute atomic E-state index is 3.03. The van der Waals surface area contributed by atoms with E-state index < -0.39 is 0 Å². The van der Waals surface area contributed by atoms with Gasteiger partial charge in [0, 0.05) is 5.92 Å². The summed E-state index contributed by atoms with van der Waals surface area (Å²) in [7, 11) is 0. The first-order chi connectivity index (χ1) is 6.88. The molecule has 0 N–H and O–H groups in total. The lowest BCUT2D eigenvalue weighted by Gasteiger charge is -2.11. The normalized spacial score (nSPS) is 10.4. The van der Waals surface area contributed by atoms with Crippen molar-refractivity contribution in [2.75, 3.05) is 0 Å². The van der Waals surface area contributed by atoms with Gasteiger partial charge >= 0.3 is 0 Å². The van der Waals surface area contributed by atoms with Gasteiger partial charge in [-0.15, -0.1) is 0 Å². The molecule has 2 rings (SSSR count). The summed E-state index contributed by atoms with van der Waals surface area (Å²) in [6.45, 7) is 2.21. The summed E-state index contributed by atoms with van der Waals surface area (Å²) in [4.78, 5) is 0. The minimum atomic E-state index is 0.444. The van der Waals surface area contributed by atoms with Gasteiger partial charge in [0.05, 0.1) is 0 Å². The Morgan fingerprint density at radius 1 is 0.786 bits per heavy atom. The molecule has 2 aromatic carbocycles. The van der Waals surface area contributed by atoms with Crippen molar-refractivity contribution in [1.82, 2.24) is 0 Å². The van der Waals surface area contributed by atoms with Crippen molar-refractivity contribution in [2.45, 2.75) is 12.8 Å². The number of rotatable bonds is 2. The highest BCUT2D eigenvalue weighted by Gasteiger charge is 2.05. The first kappa shape index (κ1) is 9.01. The van der Waals surface area contributed by atoms with Crippen LogP contribution in [0.1, 0.15) is 24.0 Å². The summed E-state index contributed by atoms with van der Waals surface area (Å²) >= 11 is 0. The second-order valence-corrected chi connectivity index (χ2v) is 3.39. The van der Waals surface area contributed by atoms with Crippen LogP contribution in [0.2, 0.25) is 0 Å². The van der Waals surface area contributed by atoms with E-state index in [1.807, 2.05) is 24.3 Å². The van der Waals surface area contributed by atoms with Crippen LogP contribution in [-0.2, 0) is 0 Å². The molecule has 0 aliphatic carbocycles. The van der Waals surface area contributed by atoms with Crippen molar-refractivity contribution in [1.29, 1.82) is 0 Å². The second-order valence-electron chi connectivity index (χ2n) is 3.39. The van der Waals surface area contributed by atoms with E-state index in [2.05, 4.69) is 43.3 Å². The standard InChI is InChI=1S/C14H12/c1-12(13-8-4-2-5-9-13)14-10-6-3-7-11-14/h4-12H,1H3. The first-order valence-electron chi connectivity index (χ1n) is 4.80. The lowest BCUT2D eigenvalue weighted by Crippen LogP contribution is -1.94. The molecule has 0 bridgehead atoms. The van der Waals surface area contributed by atoms with Crippen molar-refractivity contribution in [3.63, 3.8) is 0 Å². The number of hydrogen-bond acceptors (Lipinski definition) is 0. The average Bonchev–Trinajstić information content (AvgIpc) is 2.30. The highest BCUT2D eigenvalue weighted by Crippen LogP contribution is 2.22. The fraction of sp³-hybridized carbons (Fsp3) is 0.143. The van der Waals surface area contributed by atoms with Gasteiger partial charge in [-0.2, -0.15) is 0 Å². The summed E-state index contributed by atoms with van der Waals surface area (Å²) in [5, 5.41) is 0. The lowest BCUT2D eigenvalue weighted by atomic mass is 9.93. The summed E-state index contributed by atoms with van der Waals surface area (Å²) in [5.74, 6) is 0.444. The minimum Gasteiger partial charge on any atom is -0.0578 e. The van der Waals surface area contributed by atoms with Crippen LogP contribution in [0.15, 0.2) is 48.5 Å². The molecule has 2 aromatic rings. The van der Waals surface area contributed by atoms with Crippen molar-refractivity contribution in [2.24, 2.45) is 0 Å². The molecule has 0 aromatic heterocycles. The molecule has 0 amide bonds. The van der Waals surface area contributed by atoms with Crippen molar-refractivity contribution >= 4 is 0 Å². The van der Waals surface area contributed by atoms with Crippen molar-refractivity contribution in [3.05, 3.63) is 71.8 Å². The quantitative estimate of drug-likeness (QED) is 0.664. The maximum Gasteiger partial charge on any atom is 0.00610 e. The Balaban J connectivity index is 2.30. The van der Waals surface area contributed by atoms with Gasteiger partial charge < -0.3 is 0 Å². The third-order valence-corrected chi connectivity index (χ3v) is 2.49. The Hall–Kier alpha value is -1.56. The molecular formula is C14H12. The Bertz CT molecular complexity index is 336. The van der Waals surface area contributed by atoms with E-state index in [1.165, 1.54) is 11.1 Å². The molecule has 68 valence electrons. The van der Waals surface area contributed by atoms with Crippen LogP contribution >= 0.6 is 0 Å². The van der Waals surface area contributed by atoms with Crippen LogP contribution in [0.4, 0.5) is 0 Å². The molecule has 2 radical (unpaired) electrons. The van der Waals surface area contributed by atoms with E-state index in [-0.39, 0.29) is 0 Å². The van der Waals surface area contributed by atoms with Gasteiger partial charge in [-0.25, -0.2) is 0 Å². The van der Waals surface area contributed by atoms with Crippen LogP contribution < -0.4 is 0 Å². The zero-order valence-corrected chi connectivity index (χ0v) is 8.20. The monoisotopic (exact) mass is 180 g/mol. The highest BCUT2D eigenvalue weighted by atomic mass is 14.1. The summed E-state index contributed by atoms with van der Waals surface area (Å²) in [5.41, 5.74) is 2.66. The van der Waals surface area contributed by atoms with Gasteiger partial charge in [0.1, 0.15) is 0 Å². The maximum atomic E-state index is 3.03. The molecule has 0 fully saturated rings. The van der Waals surface area contributed by atoms with Gasteiger partial charge in [0.25, 0.3) is 0 Å². The fourth-order valence-electron chi connectivity index (χ4n) is 1.57. The fourth-order valence-corrected chi connectivity index (χ4v) is 1.57. The van der Waals surface area contributed by atoms with E-state index in [4.69, 9.17) is 0 Å². The average molecular weight is 180 g/mol. The van der Waals surface area contributed by atoms with E-state index in [0.29, 0.717) is 5.92 Å². The largest absolute Gasteiger partial charge is 0.0578 e. The molecule has 0 saturated heterocycles. The molecule has 0 spiro atoms. The zero-order valence-electron chi connectivity index (χ0n) is 8.20. The molecule has 14 heavy (non-hydrogen) atoms. The van der Waals surface area contributed by atoms with Crippen LogP contribution in [0.25, 0.3) is 0 Å². The lowest BCUT2D eigenvalue weighted by molar-refractivity contribution is 0.922. The summed E-state index contributed by atoms with van der Waals surface area (Å²) in [6.07, 6.45) is 0. The summed E-state index contributed by atoms with van der Waals surface area (Å²) < 4.78 is 0. The molecule has 0 aliphatic heterocycles. The predicted molar refractivity (Wildman–Crippen MR) is 58.1 cm³/mol. The molecule has 0 saturated carbocycles. The van der Waals surface area contributed by atoms with Gasteiger partial charge in [-0.3, -0.25) is 0 Å². The molecule has 0 aliphatic rings. The Kier molecular flexibility index (Phi) is 2.64. The van der Waals surface area contributed by atoms with Crippen molar-refractivity contribution < 1.29 is 0 Å². The minimum absolute atomic E-state index is 0.444. The molecule has 0 heteroatoms. The number of benzene rings is 2. The van der Waals surface area contributed by atoms with Crippen molar-refractivity contribution in [3.8, 4) is 0 Å². The van der Waals surface area contributed by atoms with Gasteiger partial charge in [0.2, 0.25) is 0 Å². The van der Waals surface area contributed by atoms with E-state index >= 15 is 0 Å². The number of hydrogen-bond donors (Lipinski definition) is 0. The topological polar surface area (TPSA) is 0 Å². The Labute approximate surface area is 85.2 Å². The second kappa shape index (κ2) is 4.10. The Morgan fingerprint density at radius 3 is 1.50 bits per heavy atom. The smallest absolute Gasteiger partial charge is 0.00610 e. The zero-order chi connectivity index (χ0) is 9.80. The first-order valence-corrected chi connectivity index (χ1v) is 4.80. The Morgan fingerprint density at radius 2 is 1.14 bits per heavy atom. The van der Waals surface area contributed by atoms with Crippen LogP contribution in [-0.4, -0.2) is 0 Å². The third-order valence-electron chi connectivity index (χ3n) is 2.49. The molecule has 0 atom stereocenters. The summed E-state index contributed by atoms with van der Waals surface area (Å²) in [6, 6.07) is 22.4. The van der Waals surface area contributed by atoms with E-state index in [0.717, 1.165) is 0 Å². The molecule has 0 unspecified atom stereocenters. The van der Waals surface area contributed by atoms with E-state index in [1.54, 1.807) is 0 Å². The third kappa shape index (κ3) is 1.85. The molecular weight excluding hydrogens is 168 g/mol. The van der Waals surface area contributed by atoms with E-state index in [9.17, 15) is 0 Å². The van der Waals surface area contributed by atoms with Gasteiger partial charge in [0.15, 0.2) is 0 Å². The van der Waals surface area contributed by atoms with Crippen LogP contribution in [0.5, 0.6) is 0 Å². The van der Waals surface area contributed by atoms with Crippen LogP contribution in [0.3, 0.4) is 0 Å². The van der Waals surface area contributed by atoms with Crippen LogP contribution in [0, 0.1) is 12.1 Å².